The van der Waals surface area contributed by atoms with Crippen molar-refractivity contribution >= 4 is 11.9 Å². The van der Waals surface area contributed by atoms with Crippen molar-refractivity contribution in [1.29, 1.82) is 0 Å². The van der Waals surface area contributed by atoms with Crippen LogP contribution in [0.4, 0.5) is 0 Å². The number of esters is 1. The van der Waals surface area contributed by atoms with Gasteiger partial charge in [0.2, 0.25) is 5.91 Å². The molecule has 0 aromatic heterocycles. The monoisotopic (exact) mass is 311 g/mol. The van der Waals surface area contributed by atoms with Crippen LogP contribution in [0.2, 0.25) is 0 Å². The number of ether oxygens (including phenoxy) is 2. The molecule has 0 aromatic rings. The van der Waals surface area contributed by atoms with Crippen molar-refractivity contribution in [2.45, 2.75) is 64.4 Å². The van der Waals surface area contributed by atoms with Crippen molar-refractivity contribution in [2.24, 2.45) is 11.3 Å². The molecule has 22 heavy (non-hydrogen) atoms. The molecule has 5 heteroatoms. The van der Waals surface area contributed by atoms with E-state index in [4.69, 9.17) is 9.47 Å². The molecule has 1 amide bonds. The van der Waals surface area contributed by atoms with E-state index in [1.165, 1.54) is 39.2 Å². The smallest absolute Gasteiger partial charge is 0.313 e. The average Bonchev–Trinajstić information content (AvgIpc) is 3.32. The van der Waals surface area contributed by atoms with Gasteiger partial charge in [0.15, 0.2) is 0 Å². The molecule has 2 saturated carbocycles. The van der Waals surface area contributed by atoms with Gasteiger partial charge < -0.3 is 14.8 Å². The molecule has 0 aliphatic heterocycles. The van der Waals surface area contributed by atoms with Crippen LogP contribution in [-0.2, 0) is 19.1 Å². The minimum atomic E-state index is -0.462. The largest absolute Gasteiger partial charge is 0.469 e. The second-order valence-corrected chi connectivity index (χ2v) is 6.90. The van der Waals surface area contributed by atoms with E-state index in [0.717, 1.165) is 19.4 Å². The molecule has 0 spiro atoms. The fourth-order valence-electron chi connectivity index (χ4n) is 3.13. The summed E-state index contributed by atoms with van der Waals surface area (Å²) >= 11 is 0. The molecule has 2 aliphatic carbocycles. The van der Waals surface area contributed by atoms with Crippen molar-refractivity contribution in [3.05, 3.63) is 0 Å². The molecule has 0 saturated heterocycles. The Morgan fingerprint density at radius 3 is 2.50 bits per heavy atom. The fourth-order valence-corrected chi connectivity index (χ4v) is 3.13. The zero-order chi connectivity index (χ0) is 16.0. The number of amides is 1. The first-order chi connectivity index (χ1) is 10.6. The Morgan fingerprint density at radius 1 is 1.23 bits per heavy atom. The van der Waals surface area contributed by atoms with Gasteiger partial charge in [-0.05, 0) is 38.5 Å². The van der Waals surface area contributed by atoms with Gasteiger partial charge >= 0.3 is 5.97 Å². The molecule has 1 unspecified atom stereocenters. The summed E-state index contributed by atoms with van der Waals surface area (Å²) in [5, 5.41) is 2.85. The van der Waals surface area contributed by atoms with E-state index in [1.54, 1.807) is 0 Å². The topological polar surface area (TPSA) is 64.6 Å². The van der Waals surface area contributed by atoms with Crippen LogP contribution in [0, 0.1) is 11.3 Å². The number of carbonyl (C=O) groups excluding carboxylic acids is 2. The van der Waals surface area contributed by atoms with Gasteiger partial charge in [-0.25, -0.2) is 0 Å². The number of hydrogen-bond donors (Lipinski definition) is 1. The van der Waals surface area contributed by atoms with Crippen LogP contribution in [0.1, 0.15) is 58.3 Å². The average molecular weight is 311 g/mol. The minimum absolute atomic E-state index is 0.0497. The summed E-state index contributed by atoms with van der Waals surface area (Å²) < 4.78 is 10.6. The van der Waals surface area contributed by atoms with Crippen LogP contribution >= 0.6 is 0 Å². The van der Waals surface area contributed by atoms with Crippen LogP contribution in [0.15, 0.2) is 0 Å². The first-order valence-electron chi connectivity index (χ1n) is 8.52. The van der Waals surface area contributed by atoms with E-state index in [0.29, 0.717) is 18.9 Å². The number of rotatable bonds is 8. The van der Waals surface area contributed by atoms with Gasteiger partial charge in [0.05, 0.1) is 25.0 Å². The maximum atomic E-state index is 11.9. The van der Waals surface area contributed by atoms with E-state index >= 15 is 0 Å². The molecular formula is C17H29NO4. The molecular weight excluding hydrogens is 282 g/mol. The molecule has 0 bridgehead atoms. The van der Waals surface area contributed by atoms with Crippen LogP contribution in [0.3, 0.4) is 0 Å². The second kappa shape index (κ2) is 7.95. The predicted molar refractivity (Wildman–Crippen MR) is 83.3 cm³/mol. The van der Waals surface area contributed by atoms with E-state index < -0.39 is 5.41 Å². The zero-order valence-corrected chi connectivity index (χ0v) is 13.9. The van der Waals surface area contributed by atoms with E-state index in [-0.39, 0.29) is 18.0 Å². The first kappa shape index (κ1) is 17.3. The Labute approximate surface area is 133 Å². The standard InChI is InChI=1S/C17H29NO4/c1-13(22-11-14-6-4-3-5-7-14)10-15(19)18-12-17(8-9-17)16(20)21-2/h13-14H,3-12H2,1-2H3,(H,18,19). The third-order valence-electron chi connectivity index (χ3n) is 4.91. The number of nitrogens with one attached hydrogen (secondary N) is 1. The molecule has 2 fully saturated rings. The molecule has 0 heterocycles. The highest BCUT2D eigenvalue weighted by molar-refractivity contribution is 5.82. The molecule has 126 valence electrons. The van der Waals surface area contributed by atoms with Crippen molar-refractivity contribution in [3.8, 4) is 0 Å². The fraction of sp³-hybridized carbons (Fsp3) is 0.882. The van der Waals surface area contributed by atoms with E-state index in [1.807, 2.05) is 6.92 Å². The van der Waals surface area contributed by atoms with E-state index in [9.17, 15) is 9.59 Å². The number of hydrogen-bond acceptors (Lipinski definition) is 4. The lowest BCUT2D eigenvalue weighted by Crippen LogP contribution is -2.36. The van der Waals surface area contributed by atoms with Gasteiger partial charge in [-0.1, -0.05) is 19.3 Å². The lowest BCUT2D eigenvalue weighted by Gasteiger charge is -2.23. The zero-order valence-electron chi connectivity index (χ0n) is 13.9. The van der Waals surface area contributed by atoms with Gasteiger partial charge in [0.1, 0.15) is 0 Å². The molecule has 2 aliphatic rings. The first-order valence-corrected chi connectivity index (χ1v) is 8.52. The molecule has 0 aromatic carbocycles. The normalized spacial score (nSPS) is 21.9. The molecule has 0 radical (unpaired) electrons. The van der Waals surface area contributed by atoms with Crippen LogP contribution in [-0.4, -0.2) is 38.2 Å². The highest BCUT2D eigenvalue weighted by Gasteiger charge is 2.51. The highest BCUT2D eigenvalue weighted by Crippen LogP contribution is 2.46. The Kier molecular flexibility index (Phi) is 6.24. The van der Waals surface area contributed by atoms with Crippen molar-refractivity contribution < 1.29 is 19.1 Å². The summed E-state index contributed by atoms with van der Waals surface area (Å²) in [6.07, 6.45) is 8.33. The van der Waals surface area contributed by atoms with Crippen molar-refractivity contribution in [3.63, 3.8) is 0 Å². The molecule has 1 atom stereocenters. The number of methoxy groups -OCH3 is 1. The Hall–Kier alpha value is -1.10. The minimum Gasteiger partial charge on any atom is -0.469 e. The Balaban J connectivity index is 1.61. The van der Waals surface area contributed by atoms with Crippen molar-refractivity contribution in [2.75, 3.05) is 20.3 Å². The highest BCUT2D eigenvalue weighted by atomic mass is 16.5. The van der Waals surface area contributed by atoms with E-state index in [2.05, 4.69) is 5.32 Å². The lowest BCUT2D eigenvalue weighted by molar-refractivity contribution is -0.147. The SMILES string of the molecule is COC(=O)C1(CNC(=O)CC(C)OCC2CCCCC2)CC1. The second-order valence-electron chi connectivity index (χ2n) is 6.90. The maximum absolute atomic E-state index is 11.9. The van der Waals surface area contributed by atoms with Gasteiger partial charge in [0.25, 0.3) is 0 Å². The predicted octanol–water partition coefficient (Wildman–Crippen LogP) is 2.43. The molecule has 5 nitrogen and oxygen atoms in total. The van der Waals surface area contributed by atoms with Crippen LogP contribution in [0.25, 0.3) is 0 Å². The lowest BCUT2D eigenvalue weighted by atomic mass is 9.90. The Morgan fingerprint density at radius 2 is 1.91 bits per heavy atom. The summed E-state index contributed by atoms with van der Waals surface area (Å²) in [6.45, 7) is 3.09. The van der Waals surface area contributed by atoms with Gasteiger partial charge in [0, 0.05) is 13.2 Å². The molecule has 2 rings (SSSR count). The van der Waals surface area contributed by atoms with Crippen LogP contribution in [0.5, 0.6) is 0 Å². The van der Waals surface area contributed by atoms with Gasteiger partial charge in [-0.2, -0.15) is 0 Å². The summed E-state index contributed by atoms with van der Waals surface area (Å²) in [5.74, 6) is 0.397. The summed E-state index contributed by atoms with van der Waals surface area (Å²) in [5.41, 5.74) is -0.462. The number of carbonyl (C=O) groups is 2. The third-order valence-corrected chi connectivity index (χ3v) is 4.91. The quantitative estimate of drug-likeness (QED) is 0.699. The molecule has 1 N–H and O–H groups in total. The van der Waals surface area contributed by atoms with Gasteiger partial charge in [-0.3, -0.25) is 9.59 Å². The van der Waals surface area contributed by atoms with Crippen molar-refractivity contribution in [1.82, 2.24) is 5.32 Å². The summed E-state index contributed by atoms with van der Waals surface area (Å²) in [4.78, 5) is 23.6. The maximum Gasteiger partial charge on any atom is 0.313 e. The third kappa shape index (κ3) is 4.97. The van der Waals surface area contributed by atoms with Gasteiger partial charge in [-0.15, -0.1) is 0 Å². The summed E-state index contributed by atoms with van der Waals surface area (Å²) in [6, 6.07) is 0. The van der Waals surface area contributed by atoms with Crippen LogP contribution < -0.4 is 5.32 Å². The summed E-state index contributed by atoms with van der Waals surface area (Å²) in [7, 11) is 1.39. The Bertz CT molecular complexity index is 386.